The zero-order valence-electron chi connectivity index (χ0n) is 9.18. The van der Waals surface area contributed by atoms with Gasteiger partial charge in [0.25, 0.3) is 5.91 Å². The van der Waals surface area contributed by atoms with Crippen molar-refractivity contribution >= 4 is 27.8 Å². The van der Waals surface area contributed by atoms with Gasteiger partial charge in [0.1, 0.15) is 11.7 Å². The molecule has 1 heterocycles. The standard InChI is InChI=1S/C10H13BrN2O4/c1-13-5-6(11)4-8(13)9(15)12-7(2-3-14)10(16)17/h4-5,7,14H,2-3H2,1H3,(H,12,15)(H,16,17)/t7-/m0/s1. The molecule has 7 heteroatoms. The number of hydrogen-bond donors (Lipinski definition) is 3. The number of nitrogens with one attached hydrogen (secondary N) is 1. The van der Waals surface area contributed by atoms with Crippen molar-refractivity contribution in [2.45, 2.75) is 12.5 Å². The molecule has 94 valence electrons. The Balaban J connectivity index is 2.77. The topological polar surface area (TPSA) is 91.6 Å². The maximum Gasteiger partial charge on any atom is 0.326 e. The fraction of sp³-hybridized carbons (Fsp3) is 0.400. The monoisotopic (exact) mass is 304 g/mol. The molecule has 0 saturated carbocycles. The predicted octanol–water partition coefficient (Wildman–Crippen LogP) is 0.353. The lowest BCUT2D eigenvalue weighted by atomic mass is 10.2. The minimum absolute atomic E-state index is 0.0212. The Labute approximate surface area is 106 Å². The Morgan fingerprint density at radius 3 is 2.65 bits per heavy atom. The molecule has 3 N–H and O–H groups in total. The molecule has 1 aromatic heterocycles. The smallest absolute Gasteiger partial charge is 0.326 e. The van der Waals surface area contributed by atoms with Gasteiger partial charge in [0.2, 0.25) is 0 Å². The summed E-state index contributed by atoms with van der Waals surface area (Å²) in [4.78, 5) is 22.6. The average molecular weight is 305 g/mol. The third kappa shape index (κ3) is 3.57. The number of nitrogens with zero attached hydrogens (tertiary/aromatic N) is 1. The van der Waals surface area contributed by atoms with Crippen LogP contribution in [0.3, 0.4) is 0 Å². The number of carboxylic acid groups (broad SMARTS) is 1. The summed E-state index contributed by atoms with van der Waals surface area (Å²) in [5.74, 6) is -1.65. The number of aliphatic hydroxyl groups excluding tert-OH is 1. The Morgan fingerprint density at radius 2 is 2.24 bits per heavy atom. The molecule has 0 saturated heterocycles. The second-order valence-electron chi connectivity index (χ2n) is 3.53. The van der Waals surface area contributed by atoms with Crippen LogP contribution in [0.5, 0.6) is 0 Å². The molecule has 0 aromatic carbocycles. The van der Waals surface area contributed by atoms with E-state index in [9.17, 15) is 9.59 Å². The van der Waals surface area contributed by atoms with Gasteiger partial charge in [-0.3, -0.25) is 4.79 Å². The molecule has 0 bridgehead atoms. The average Bonchev–Trinajstić information content (AvgIpc) is 2.57. The second kappa shape index (κ2) is 5.83. The molecular formula is C10H13BrN2O4. The highest BCUT2D eigenvalue weighted by molar-refractivity contribution is 9.10. The second-order valence-corrected chi connectivity index (χ2v) is 4.45. The van der Waals surface area contributed by atoms with E-state index in [1.165, 1.54) is 0 Å². The van der Waals surface area contributed by atoms with Gasteiger partial charge in [-0.2, -0.15) is 0 Å². The van der Waals surface area contributed by atoms with Crippen LogP contribution < -0.4 is 5.32 Å². The van der Waals surface area contributed by atoms with Gasteiger partial charge >= 0.3 is 5.97 Å². The maximum atomic E-state index is 11.8. The lowest BCUT2D eigenvalue weighted by Crippen LogP contribution is -2.41. The molecule has 1 atom stereocenters. The third-order valence-electron chi connectivity index (χ3n) is 2.23. The highest BCUT2D eigenvalue weighted by Crippen LogP contribution is 2.13. The zero-order valence-corrected chi connectivity index (χ0v) is 10.8. The number of aryl methyl sites for hydroxylation is 1. The Kier molecular flexibility index (Phi) is 4.71. The van der Waals surface area contributed by atoms with Crippen molar-refractivity contribution in [3.05, 3.63) is 22.4 Å². The first-order valence-electron chi connectivity index (χ1n) is 4.92. The van der Waals surface area contributed by atoms with Crippen molar-refractivity contribution < 1.29 is 19.8 Å². The highest BCUT2D eigenvalue weighted by atomic mass is 79.9. The predicted molar refractivity (Wildman–Crippen MR) is 63.7 cm³/mol. The van der Waals surface area contributed by atoms with Crippen LogP contribution >= 0.6 is 15.9 Å². The van der Waals surface area contributed by atoms with Crippen molar-refractivity contribution in [1.29, 1.82) is 0 Å². The largest absolute Gasteiger partial charge is 0.480 e. The van der Waals surface area contributed by atoms with Crippen molar-refractivity contribution in [2.24, 2.45) is 7.05 Å². The Morgan fingerprint density at radius 1 is 1.59 bits per heavy atom. The number of carboxylic acids is 1. The number of amides is 1. The van der Waals surface area contributed by atoms with Gasteiger partial charge in [0.15, 0.2) is 0 Å². The van der Waals surface area contributed by atoms with Crippen molar-refractivity contribution in [1.82, 2.24) is 9.88 Å². The first-order valence-corrected chi connectivity index (χ1v) is 5.71. The first-order chi connectivity index (χ1) is 7.95. The third-order valence-corrected chi connectivity index (χ3v) is 2.66. The summed E-state index contributed by atoms with van der Waals surface area (Å²) < 4.78 is 2.32. The van der Waals surface area contributed by atoms with Crippen LogP contribution in [0.2, 0.25) is 0 Å². The van der Waals surface area contributed by atoms with E-state index in [0.717, 1.165) is 4.47 Å². The fourth-order valence-electron chi connectivity index (χ4n) is 1.37. The minimum atomic E-state index is -1.17. The van der Waals surface area contributed by atoms with Gasteiger partial charge in [-0.1, -0.05) is 0 Å². The van der Waals surface area contributed by atoms with Gasteiger partial charge in [0, 0.05) is 30.7 Å². The Hall–Kier alpha value is -1.34. The quantitative estimate of drug-likeness (QED) is 0.732. The SMILES string of the molecule is Cn1cc(Br)cc1C(=O)N[C@@H](CCO)C(=O)O. The number of carbonyl (C=O) groups excluding carboxylic acids is 1. The minimum Gasteiger partial charge on any atom is -0.480 e. The molecule has 1 aromatic rings. The molecule has 0 spiro atoms. The summed E-state index contributed by atoms with van der Waals surface area (Å²) >= 11 is 3.22. The van der Waals surface area contributed by atoms with E-state index in [0.29, 0.717) is 5.69 Å². The molecule has 0 fully saturated rings. The molecule has 0 unspecified atom stereocenters. The van der Waals surface area contributed by atoms with Crippen molar-refractivity contribution in [3.63, 3.8) is 0 Å². The summed E-state index contributed by atoms with van der Waals surface area (Å²) in [6.07, 6.45) is 1.67. The summed E-state index contributed by atoms with van der Waals surface area (Å²) in [6, 6.07) is 0.508. The summed E-state index contributed by atoms with van der Waals surface area (Å²) in [5.41, 5.74) is 0.348. The number of aliphatic carboxylic acids is 1. The molecule has 1 amide bonds. The van der Waals surface area contributed by atoms with Crippen LogP contribution in [-0.2, 0) is 11.8 Å². The molecule has 0 aliphatic carbocycles. The zero-order chi connectivity index (χ0) is 13.0. The van der Waals surface area contributed by atoms with Crippen LogP contribution in [0.15, 0.2) is 16.7 Å². The Bertz CT molecular complexity index is 430. The summed E-state index contributed by atoms with van der Waals surface area (Å²) in [5, 5.41) is 19.9. The number of carbonyl (C=O) groups is 2. The van der Waals surface area contributed by atoms with Crippen molar-refractivity contribution in [3.8, 4) is 0 Å². The van der Waals surface area contributed by atoms with Crippen LogP contribution in [0.4, 0.5) is 0 Å². The van der Waals surface area contributed by atoms with Gasteiger partial charge in [-0.25, -0.2) is 4.79 Å². The van der Waals surface area contributed by atoms with E-state index in [1.807, 2.05) is 0 Å². The van der Waals surface area contributed by atoms with E-state index in [2.05, 4.69) is 21.2 Å². The number of aliphatic hydroxyl groups is 1. The molecule has 0 aliphatic rings. The summed E-state index contributed by atoms with van der Waals surface area (Å²) in [7, 11) is 1.68. The fourth-order valence-corrected chi connectivity index (χ4v) is 1.89. The maximum absolute atomic E-state index is 11.8. The molecule has 0 aliphatic heterocycles. The van der Waals surface area contributed by atoms with E-state index in [1.54, 1.807) is 23.9 Å². The number of rotatable bonds is 5. The van der Waals surface area contributed by atoms with E-state index in [-0.39, 0.29) is 13.0 Å². The molecular weight excluding hydrogens is 292 g/mol. The van der Waals surface area contributed by atoms with Crippen LogP contribution in [0.1, 0.15) is 16.9 Å². The summed E-state index contributed by atoms with van der Waals surface area (Å²) in [6.45, 7) is -0.298. The molecule has 6 nitrogen and oxygen atoms in total. The normalized spacial score (nSPS) is 12.2. The van der Waals surface area contributed by atoms with Gasteiger partial charge in [-0.05, 0) is 22.0 Å². The van der Waals surface area contributed by atoms with E-state index >= 15 is 0 Å². The molecule has 1 rings (SSSR count). The highest BCUT2D eigenvalue weighted by Gasteiger charge is 2.21. The van der Waals surface area contributed by atoms with E-state index < -0.39 is 17.9 Å². The molecule has 17 heavy (non-hydrogen) atoms. The number of halogens is 1. The van der Waals surface area contributed by atoms with Crippen LogP contribution in [-0.4, -0.2) is 39.3 Å². The van der Waals surface area contributed by atoms with Gasteiger partial charge < -0.3 is 20.1 Å². The van der Waals surface area contributed by atoms with Crippen molar-refractivity contribution in [2.75, 3.05) is 6.61 Å². The number of hydrogen-bond acceptors (Lipinski definition) is 3. The van der Waals surface area contributed by atoms with E-state index in [4.69, 9.17) is 10.2 Å². The lowest BCUT2D eigenvalue weighted by Gasteiger charge is -2.13. The lowest BCUT2D eigenvalue weighted by molar-refractivity contribution is -0.139. The first kappa shape index (κ1) is 13.7. The number of aromatic nitrogens is 1. The van der Waals surface area contributed by atoms with Gasteiger partial charge in [-0.15, -0.1) is 0 Å². The van der Waals surface area contributed by atoms with Crippen LogP contribution in [0, 0.1) is 0 Å². The van der Waals surface area contributed by atoms with Gasteiger partial charge in [0.05, 0.1) is 0 Å². The van der Waals surface area contributed by atoms with Crippen LogP contribution in [0.25, 0.3) is 0 Å². The molecule has 0 radical (unpaired) electrons.